The molecule has 0 bridgehead atoms. The van der Waals surface area contributed by atoms with E-state index >= 15 is 0 Å². The molecule has 3 rings (SSSR count). The van der Waals surface area contributed by atoms with Gasteiger partial charge in [-0.25, -0.2) is 0 Å². The Kier molecular flexibility index (Phi) is 6.64. The molecule has 4 nitrogen and oxygen atoms in total. The van der Waals surface area contributed by atoms with Crippen molar-refractivity contribution in [1.29, 1.82) is 0 Å². The Morgan fingerprint density at radius 2 is 1.63 bits per heavy atom. The largest absolute Gasteiger partial charge is 0.324 e. The number of rotatable bonds is 6. The Labute approximate surface area is 163 Å². The summed E-state index contributed by atoms with van der Waals surface area (Å²) >= 11 is 0. The molecular weight excluding hydrogens is 334 g/mol. The van der Waals surface area contributed by atoms with Gasteiger partial charge in [0, 0.05) is 38.4 Å². The van der Waals surface area contributed by atoms with Crippen molar-refractivity contribution < 1.29 is 4.79 Å². The Bertz CT molecular complexity index is 749. The van der Waals surface area contributed by atoms with Crippen molar-refractivity contribution >= 4 is 11.6 Å². The average molecular weight is 366 g/mol. The van der Waals surface area contributed by atoms with E-state index in [1.807, 2.05) is 0 Å². The first-order valence-electron chi connectivity index (χ1n) is 9.91. The highest BCUT2D eigenvalue weighted by Gasteiger charge is 2.20. The number of nitrogens with one attached hydrogen (secondary N) is 1. The number of hydrogen-bond acceptors (Lipinski definition) is 3. The van der Waals surface area contributed by atoms with Crippen LogP contribution in [-0.4, -0.2) is 48.4 Å². The van der Waals surface area contributed by atoms with Crippen LogP contribution in [0.2, 0.25) is 0 Å². The zero-order chi connectivity index (χ0) is 19.2. The maximum absolute atomic E-state index is 12.6. The Morgan fingerprint density at radius 3 is 2.30 bits per heavy atom. The third-order valence-corrected chi connectivity index (χ3v) is 5.27. The van der Waals surface area contributed by atoms with Crippen LogP contribution in [0.15, 0.2) is 48.5 Å². The molecule has 1 heterocycles. The zero-order valence-electron chi connectivity index (χ0n) is 16.7. The van der Waals surface area contributed by atoms with E-state index in [-0.39, 0.29) is 5.91 Å². The molecule has 0 atom stereocenters. The molecule has 2 aromatic carbocycles. The Balaban J connectivity index is 1.50. The lowest BCUT2D eigenvalue weighted by molar-refractivity contribution is -0.117. The number of amides is 1. The van der Waals surface area contributed by atoms with Gasteiger partial charge >= 0.3 is 0 Å². The summed E-state index contributed by atoms with van der Waals surface area (Å²) in [5, 5.41) is 3.16. The van der Waals surface area contributed by atoms with Crippen LogP contribution in [0, 0.1) is 6.92 Å². The van der Waals surface area contributed by atoms with Crippen LogP contribution in [0.25, 0.3) is 0 Å². The third-order valence-electron chi connectivity index (χ3n) is 5.27. The van der Waals surface area contributed by atoms with Crippen LogP contribution in [0.1, 0.15) is 36.5 Å². The summed E-state index contributed by atoms with van der Waals surface area (Å²) in [6.07, 6.45) is 0. The van der Waals surface area contributed by atoms with Crippen LogP contribution in [0.3, 0.4) is 0 Å². The molecule has 1 saturated heterocycles. The lowest BCUT2D eigenvalue weighted by atomic mass is 9.98. The molecule has 4 heteroatoms. The monoisotopic (exact) mass is 365 g/mol. The molecule has 1 amide bonds. The van der Waals surface area contributed by atoms with E-state index in [4.69, 9.17) is 0 Å². The number of carbonyl (C=O) groups excluding carboxylic acids is 1. The van der Waals surface area contributed by atoms with E-state index in [2.05, 4.69) is 84.4 Å². The summed E-state index contributed by atoms with van der Waals surface area (Å²) in [6, 6.07) is 16.8. The van der Waals surface area contributed by atoms with Crippen molar-refractivity contribution in [2.45, 2.75) is 33.2 Å². The lowest BCUT2D eigenvalue weighted by Gasteiger charge is -2.34. The summed E-state index contributed by atoms with van der Waals surface area (Å²) in [5.74, 6) is 0.476. The maximum Gasteiger partial charge on any atom is 0.238 e. The fraction of sp³-hybridized carbons (Fsp3) is 0.435. The minimum atomic E-state index is 0.0858. The van der Waals surface area contributed by atoms with E-state index in [9.17, 15) is 4.79 Å². The van der Waals surface area contributed by atoms with Gasteiger partial charge in [-0.1, -0.05) is 62.4 Å². The second-order valence-corrected chi connectivity index (χ2v) is 7.78. The molecule has 0 aliphatic carbocycles. The molecule has 1 aliphatic heterocycles. The molecule has 2 aromatic rings. The number of carbonyl (C=O) groups is 1. The van der Waals surface area contributed by atoms with Gasteiger partial charge in [0.1, 0.15) is 0 Å². The number of para-hydroxylation sites is 1. The van der Waals surface area contributed by atoms with Gasteiger partial charge in [0.05, 0.1) is 6.54 Å². The quantitative estimate of drug-likeness (QED) is 0.844. The standard InChI is InChI=1S/C23H31N3O/c1-18(2)21-11-7-8-19(3)23(21)24-22(27)17-26-14-12-25(13-15-26)16-20-9-5-4-6-10-20/h4-11,18H,12-17H2,1-3H3,(H,24,27). The number of anilines is 1. The normalized spacial score (nSPS) is 15.9. The first kappa shape index (κ1) is 19.6. The third kappa shape index (κ3) is 5.41. The van der Waals surface area contributed by atoms with E-state index < -0.39 is 0 Å². The van der Waals surface area contributed by atoms with Gasteiger partial charge < -0.3 is 5.32 Å². The van der Waals surface area contributed by atoms with Crippen LogP contribution in [-0.2, 0) is 11.3 Å². The van der Waals surface area contributed by atoms with Crippen molar-refractivity contribution in [3.8, 4) is 0 Å². The smallest absolute Gasteiger partial charge is 0.238 e. The number of aryl methyl sites for hydroxylation is 1. The second-order valence-electron chi connectivity index (χ2n) is 7.78. The van der Waals surface area contributed by atoms with Gasteiger partial charge in [0.2, 0.25) is 5.91 Å². The molecule has 0 spiro atoms. The van der Waals surface area contributed by atoms with E-state index in [1.54, 1.807) is 0 Å². The molecule has 0 saturated carbocycles. The number of nitrogens with zero attached hydrogens (tertiary/aromatic N) is 2. The summed E-state index contributed by atoms with van der Waals surface area (Å²) < 4.78 is 0. The molecule has 0 unspecified atom stereocenters. The van der Waals surface area contributed by atoms with Gasteiger partial charge in [0.25, 0.3) is 0 Å². The van der Waals surface area contributed by atoms with Crippen molar-refractivity contribution in [2.24, 2.45) is 0 Å². The number of piperazine rings is 1. The van der Waals surface area contributed by atoms with Crippen molar-refractivity contribution in [1.82, 2.24) is 9.80 Å². The van der Waals surface area contributed by atoms with Crippen LogP contribution in [0.5, 0.6) is 0 Å². The topological polar surface area (TPSA) is 35.6 Å². The predicted octanol–water partition coefficient (Wildman–Crippen LogP) is 3.87. The molecule has 1 N–H and O–H groups in total. The minimum Gasteiger partial charge on any atom is -0.324 e. The molecule has 27 heavy (non-hydrogen) atoms. The lowest BCUT2D eigenvalue weighted by Crippen LogP contribution is -2.48. The highest BCUT2D eigenvalue weighted by Crippen LogP contribution is 2.27. The Hall–Kier alpha value is -2.17. The highest BCUT2D eigenvalue weighted by atomic mass is 16.2. The number of benzene rings is 2. The van der Waals surface area contributed by atoms with E-state index in [1.165, 1.54) is 11.1 Å². The van der Waals surface area contributed by atoms with Crippen molar-refractivity contribution in [2.75, 3.05) is 38.0 Å². The van der Waals surface area contributed by atoms with Gasteiger partial charge in [-0.05, 0) is 29.5 Å². The Morgan fingerprint density at radius 1 is 0.963 bits per heavy atom. The predicted molar refractivity (Wildman–Crippen MR) is 112 cm³/mol. The van der Waals surface area contributed by atoms with E-state index in [0.717, 1.165) is 44.0 Å². The molecule has 0 radical (unpaired) electrons. The maximum atomic E-state index is 12.6. The molecular formula is C23H31N3O. The van der Waals surface area contributed by atoms with Gasteiger partial charge in [-0.2, -0.15) is 0 Å². The second kappa shape index (κ2) is 9.16. The highest BCUT2D eigenvalue weighted by molar-refractivity contribution is 5.93. The average Bonchev–Trinajstić information content (AvgIpc) is 2.65. The number of hydrogen-bond donors (Lipinski definition) is 1. The molecule has 0 aromatic heterocycles. The van der Waals surface area contributed by atoms with Crippen LogP contribution < -0.4 is 5.32 Å². The fourth-order valence-electron chi connectivity index (χ4n) is 3.67. The fourth-order valence-corrected chi connectivity index (χ4v) is 3.67. The summed E-state index contributed by atoms with van der Waals surface area (Å²) in [4.78, 5) is 17.3. The molecule has 144 valence electrons. The van der Waals surface area contributed by atoms with Crippen LogP contribution in [0.4, 0.5) is 5.69 Å². The summed E-state index contributed by atoms with van der Waals surface area (Å²) in [6.45, 7) is 11.7. The molecule has 1 fully saturated rings. The first-order chi connectivity index (χ1) is 13.0. The van der Waals surface area contributed by atoms with E-state index in [0.29, 0.717) is 12.5 Å². The summed E-state index contributed by atoms with van der Waals surface area (Å²) in [7, 11) is 0. The van der Waals surface area contributed by atoms with Gasteiger partial charge in [-0.3, -0.25) is 14.6 Å². The van der Waals surface area contributed by atoms with Crippen LogP contribution >= 0.6 is 0 Å². The SMILES string of the molecule is Cc1cccc(C(C)C)c1NC(=O)CN1CCN(Cc2ccccc2)CC1. The van der Waals surface area contributed by atoms with Gasteiger partial charge in [-0.15, -0.1) is 0 Å². The van der Waals surface area contributed by atoms with Crippen molar-refractivity contribution in [3.05, 3.63) is 65.2 Å². The summed E-state index contributed by atoms with van der Waals surface area (Å²) in [5.41, 5.74) is 4.67. The zero-order valence-corrected chi connectivity index (χ0v) is 16.7. The minimum absolute atomic E-state index is 0.0858. The van der Waals surface area contributed by atoms with Gasteiger partial charge in [0.15, 0.2) is 0 Å². The van der Waals surface area contributed by atoms with Crippen molar-refractivity contribution in [3.63, 3.8) is 0 Å². The molecule has 1 aliphatic rings. The first-order valence-corrected chi connectivity index (χ1v) is 9.91.